The van der Waals surface area contributed by atoms with Crippen LogP contribution in [0.4, 0.5) is 0 Å². The third kappa shape index (κ3) is 4.91. The molecule has 1 N–H and O–H groups in total. The number of rotatable bonds is 7. The van der Waals surface area contributed by atoms with Crippen LogP contribution < -0.4 is 5.32 Å². The van der Waals surface area contributed by atoms with Gasteiger partial charge < -0.3 is 14.8 Å². The van der Waals surface area contributed by atoms with E-state index in [-0.39, 0.29) is 11.8 Å². The van der Waals surface area contributed by atoms with E-state index in [1.54, 1.807) is 0 Å². The van der Waals surface area contributed by atoms with Crippen molar-refractivity contribution in [2.45, 2.75) is 31.5 Å². The van der Waals surface area contributed by atoms with Crippen molar-refractivity contribution in [3.8, 4) is 0 Å². The lowest BCUT2D eigenvalue weighted by Gasteiger charge is -2.23. The number of amides is 1. The molecule has 0 atom stereocenters. The van der Waals surface area contributed by atoms with Crippen LogP contribution in [0.25, 0.3) is 0 Å². The van der Waals surface area contributed by atoms with Crippen LogP contribution in [0.15, 0.2) is 60.7 Å². The van der Waals surface area contributed by atoms with E-state index >= 15 is 0 Å². The second-order valence-corrected chi connectivity index (χ2v) is 6.51. The summed E-state index contributed by atoms with van der Waals surface area (Å²) in [7, 11) is 0. The van der Waals surface area contributed by atoms with Gasteiger partial charge >= 0.3 is 0 Å². The summed E-state index contributed by atoms with van der Waals surface area (Å²) in [5.74, 6) is -0.470. The van der Waals surface area contributed by atoms with Gasteiger partial charge in [0.25, 0.3) is 0 Å². The zero-order valence-corrected chi connectivity index (χ0v) is 14.6. The molecule has 25 heavy (non-hydrogen) atoms. The number of hydrogen-bond acceptors (Lipinski definition) is 3. The predicted molar refractivity (Wildman–Crippen MR) is 97.3 cm³/mol. The molecule has 2 aromatic rings. The lowest BCUT2D eigenvalue weighted by Crippen LogP contribution is -2.34. The first-order valence-electron chi connectivity index (χ1n) is 8.81. The monoisotopic (exact) mass is 339 g/mol. The van der Waals surface area contributed by atoms with Crippen LogP contribution in [0.2, 0.25) is 0 Å². The molecule has 1 heterocycles. The highest BCUT2D eigenvalue weighted by molar-refractivity contribution is 5.77. The summed E-state index contributed by atoms with van der Waals surface area (Å²) < 4.78 is 11.1. The molecule has 0 radical (unpaired) electrons. The second kappa shape index (κ2) is 8.28. The normalized spacial score (nSPS) is 16.1. The van der Waals surface area contributed by atoms with Crippen molar-refractivity contribution in [3.63, 3.8) is 0 Å². The lowest BCUT2D eigenvalue weighted by molar-refractivity contribution is -0.146. The summed E-state index contributed by atoms with van der Waals surface area (Å²) >= 11 is 0. The first kappa shape index (κ1) is 17.6. The highest BCUT2D eigenvalue weighted by Crippen LogP contribution is 2.28. The van der Waals surface area contributed by atoms with E-state index in [0.29, 0.717) is 32.6 Å². The summed E-state index contributed by atoms with van der Waals surface area (Å²) in [6, 6.07) is 20.3. The molecular weight excluding hydrogens is 314 g/mol. The van der Waals surface area contributed by atoms with E-state index in [1.165, 1.54) is 0 Å². The SMILES string of the molecule is CC1(CCNC(=O)CC(c2ccccc2)c2ccccc2)OCCO1. The predicted octanol–water partition coefficient (Wildman–Crippen LogP) is 3.48. The smallest absolute Gasteiger partial charge is 0.220 e. The molecule has 2 aromatic carbocycles. The van der Waals surface area contributed by atoms with Gasteiger partial charge in [-0.25, -0.2) is 0 Å². The molecule has 1 aliphatic rings. The maximum absolute atomic E-state index is 12.5. The summed E-state index contributed by atoms with van der Waals surface area (Å²) in [5.41, 5.74) is 2.30. The van der Waals surface area contributed by atoms with Gasteiger partial charge in [0.05, 0.1) is 13.2 Å². The molecular formula is C21H25NO3. The molecule has 0 unspecified atom stereocenters. The Morgan fingerprint density at radius 3 is 2.04 bits per heavy atom. The minimum atomic E-state index is -0.564. The van der Waals surface area contributed by atoms with Gasteiger partial charge in [-0.05, 0) is 18.1 Å². The van der Waals surface area contributed by atoms with E-state index in [4.69, 9.17) is 9.47 Å². The van der Waals surface area contributed by atoms with E-state index in [0.717, 1.165) is 11.1 Å². The molecule has 0 aliphatic carbocycles. The van der Waals surface area contributed by atoms with Crippen molar-refractivity contribution >= 4 is 5.91 Å². The van der Waals surface area contributed by atoms with E-state index in [2.05, 4.69) is 29.6 Å². The Morgan fingerprint density at radius 1 is 1.00 bits per heavy atom. The molecule has 0 aromatic heterocycles. The number of nitrogens with one attached hydrogen (secondary N) is 1. The average Bonchev–Trinajstić information content (AvgIpc) is 3.08. The Balaban J connectivity index is 1.61. The Morgan fingerprint density at radius 2 is 1.52 bits per heavy atom. The zero-order chi connectivity index (χ0) is 17.5. The maximum Gasteiger partial charge on any atom is 0.220 e. The molecule has 3 rings (SSSR count). The molecule has 0 saturated carbocycles. The summed E-state index contributed by atoms with van der Waals surface area (Å²) in [5, 5.41) is 3.01. The zero-order valence-electron chi connectivity index (χ0n) is 14.6. The molecule has 4 nitrogen and oxygen atoms in total. The van der Waals surface area contributed by atoms with Crippen LogP contribution in [0, 0.1) is 0 Å². The topological polar surface area (TPSA) is 47.6 Å². The maximum atomic E-state index is 12.5. The summed E-state index contributed by atoms with van der Waals surface area (Å²) in [6.45, 7) is 3.71. The molecule has 1 fully saturated rings. The fourth-order valence-corrected chi connectivity index (χ4v) is 3.19. The molecule has 132 valence electrons. The van der Waals surface area contributed by atoms with Gasteiger partial charge in [0.2, 0.25) is 5.91 Å². The van der Waals surface area contributed by atoms with Crippen molar-refractivity contribution in [1.82, 2.24) is 5.32 Å². The fourth-order valence-electron chi connectivity index (χ4n) is 3.19. The van der Waals surface area contributed by atoms with E-state index in [9.17, 15) is 4.79 Å². The average molecular weight is 339 g/mol. The molecule has 1 amide bonds. The van der Waals surface area contributed by atoms with Crippen LogP contribution in [-0.4, -0.2) is 31.5 Å². The molecule has 4 heteroatoms. The molecule has 1 aliphatic heterocycles. The van der Waals surface area contributed by atoms with Gasteiger partial charge in [-0.3, -0.25) is 4.79 Å². The Kier molecular flexibility index (Phi) is 5.84. The summed E-state index contributed by atoms with van der Waals surface area (Å²) in [4.78, 5) is 12.5. The van der Waals surface area contributed by atoms with Gasteiger partial charge in [0.1, 0.15) is 0 Å². The largest absolute Gasteiger partial charge is 0.356 e. The van der Waals surface area contributed by atoms with Crippen molar-refractivity contribution in [2.75, 3.05) is 19.8 Å². The highest BCUT2D eigenvalue weighted by atomic mass is 16.7. The van der Waals surface area contributed by atoms with Crippen molar-refractivity contribution in [2.24, 2.45) is 0 Å². The number of carbonyl (C=O) groups excluding carboxylic acids is 1. The van der Waals surface area contributed by atoms with Crippen molar-refractivity contribution < 1.29 is 14.3 Å². The number of carbonyl (C=O) groups is 1. The van der Waals surface area contributed by atoms with Gasteiger partial charge in [-0.2, -0.15) is 0 Å². The summed E-state index contributed by atoms with van der Waals surface area (Å²) in [6.07, 6.45) is 1.08. The van der Waals surface area contributed by atoms with Crippen molar-refractivity contribution in [3.05, 3.63) is 71.8 Å². The fraction of sp³-hybridized carbons (Fsp3) is 0.381. The van der Waals surface area contributed by atoms with Gasteiger partial charge in [-0.15, -0.1) is 0 Å². The Labute approximate surface area is 149 Å². The lowest BCUT2D eigenvalue weighted by atomic mass is 9.88. The second-order valence-electron chi connectivity index (χ2n) is 6.51. The van der Waals surface area contributed by atoms with E-state index in [1.807, 2.05) is 43.3 Å². The van der Waals surface area contributed by atoms with Gasteiger partial charge in [0.15, 0.2) is 5.79 Å². The van der Waals surface area contributed by atoms with E-state index < -0.39 is 5.79 Å². The third-order valence-electron chi connectivity index (χ3n) is 4.59. The minimum absolute atomic E-state index is 0.0410. The van der Waals surface area contributed by atoms with Gasteiger partial charge in [0, 0.05) is 25.3 Å². The van der Waals surface area contributed by atoms with Crippen LogP contribution in [0.5, 0.6) is 0 Å². The minimum Gasteiger partial charge on any atom is -0.356 e. The van der Waals surface area contributed by atoms with Crippen LogP contribution in [-0.2, 0) is 14.3 Å². The number of hydrogen-bond donors (Lipinski definition) is 1. The van der Waals surface area contributed by atoms with Gasteiger partial charge in [-0.1, -0.05) is 60.7 Å². The van der Waals surface area contributed by atoms with Crippen molar-refractivity contribution in [1.29, 1.82) is 0 Å². The first-order valence-corrected chi connectivity index (χ1v) is 8.81. The number of ether oxygens (including phenoxy) is 2. The Hall–Kier alpha value is -2.17. The molecule has 1 saturated heterocycles. The van der Waals surface area contributed by atoms with Crippen LogP contribution >= 0.6 is 0 Å². The molecule has 0 bridgehead atoms. The quantitative estimate of drug-likeness (QED) is 0.840. The molecule has 0 spiro atoms. The first-order chi connectivity index (χ1) is 12.2. The van der Waals surface area contributed by atoms with Crippen LogP contribution in [0.3, 0.4) is 0 Å². The standard InChI is InChI=1S/C21H25NO3/c1-21(24-14-15-25-21)12-13-22-20(23)16-19(17-8-4-2-5-9-17)18-10-6-3-7-11-18/h2-11,19H,12-16H2,1H3,(H,22,23). The highest BCUT2D eigenvalue weighted by Gasteiger charge is 2.30. The number of benzene rings is 2. The third-order valence-corrected chi connectivity index (χ3v) is 4.59. The van der Waals surface area contributed by atoms with Crippen LogP contribution in [0.1, 0.15) is 36.8 Å². The Bertz CT molecular complexity index is 627.